The minimum atomic E-state index is 0.792. The van der Waals surface area contributed by atoms with E-state index in [-0.39, 0.29) is 0 Å². The molecule has 0 fully saturated rings. The predicted octanol–water partition coefficient (Wildman–Crippen LogP) is 4.27. The van der Waals surface area contributed by atoms with E-state index in [1.54, 1.807) is 17.6 Å². The summed E-state index contributed by atoms with van der Waals surface area (Å²) in [6.45, 7) is 3.97. The SMILES string of the molecule is CCCNCc1occc1-c1sccc1Br. The zero-order valence-corrected chi connectivity index (χ0v) is 11.5. The second kappa shape index (κ2) is 5.66. The average molecular weight is 300 g/mol. The van der Waals surface area contributed by atoms with Crippen LogP contribution in [-0.4, -0.2) is 6.54 Å². The van der Waals surface area contributed by atoms with Crippen LogP contribution in [0, 0.1) is 0 Å². The zero-order chi connectivity index (χ0) is 11.4. The monoisotopic (exact) mass is 299 g/mol. The topological polar surface area (TPSA) is 25.2 Å². The molecule has 0 unspecified atom stereocenters. The highest BCUT2D eigenvalue weighted by Crippen LogP contribution is 2.36. The van der Waals surface area contributed by atoms with Crippen LogP contribution in [0.1, 0.15) is 19.1 Å². The molecular formula is C12H14BrNOS. The molecule has 2 nitrogen and oxygen atoms in total. The minimum absolute atomic E-state index is 0.792. The first kappa shape index (κ1) is 11.9. The molecule has 1 N–H and O–H groups in total. The summed E-state index contributed by atoms with van der Waals surface area (Å²) < 4.78 is 6.65. The summed E-state index contributed by atoms with van der Waals surface area (Å²) in [6.07, 6.45) is 2.89. The molecule has 0 aliphatic carbocycles. The molecule has 0 radical (unpaired) electrons. The largest absolute Gasteiger partial charge is 0.467 e. The van der Waals surface area contributed by atoms with E-state index in [2.05, 4.69) is 39.6 Å². The Morgan fingerprint density at radius 2 is 2.31 bits per heavy atom. The van der Waals surface area contributed by atoms with Gasteiger partial charge in [0.05, 0.1) is 17.7 Å². The van der Waals surface area contributed by atoms with Crippen LogP contribution in [-0.2, 0) is 6.54 Å². The highest BCUT2D eigenvalue weighted by molar-refractivity contribution is 9.10. The summed E-state index contributed by atoms with van der Waals surface area (Å²) in [5.74, 6) is 1.01. The smallest absolute Gasteiger partial charge is 0.126 e. The minimum Gasteiger partial charge on any atom is -0.467 e. The van der Waals surface area contributed by atoms with Crippen molar-refractivity contribution in [3.63, 3.8) is 0 Å². The van der Waals surface area contributed by atoms with E-state index >= 15 is 0 Å². The van der Waals surface area contributed by atoms with Gasteiger partial charge < -0.3 is 9.73 Å². The molecule has 2 aromatic rings. The van der Waals surface area contributed by atoms with Gasteiger partial charge >= 0.3 is 0 Å². The third-order valence-electron chi connectivity index (χ3n) is 2.32. The van der Waals surface area contributed by atoms with Crippen LogP contribution >= 0.6 is 27.3 Å². The molecular weight excluding hydrogens is 286 g/mol. The summed E-state index contributed by atoms with van der Waals surface area (Å²) in [7, 11) is 0. The highest BCUT2D eigenvalue weighted by Gasteiger charge is 2.12. The first-order valence-electron chi connectivity index (χ1n) is 5.33. The molecule has 0 atom stereocenters. The second-order valence-corrected chi connectivity index (χ2v) is 5.30. The fraction of sp³-hybridized carbons (Fsp3) is 0.333. The van der Waals surface area contributed by atoms with Gasteiger partial charge in [-0.1, -0.05) is 6.92 Å². The van der Waals surface area contributed by atoms with Crippen molar-refractivity contribution in [2.24, 2.45) is 0 Å². The van der Waals surface area contributed by atoms with Gasteiger partial charge in [-0.2, -0.15) is 0 Å². The Labute approximate surface area is 108 Å². The number of hydrogen-bond acceptors (Lipinski definition) is 3. The van der Waals surface area contributed by atoms with Gasteiger partial charge in [0.15, 0.2) is 0 Å². The molecule has 0 aliphatic heterocycles. The number of halogens is 1. The van der Waals surface area contributed by atoms with Crippen molar-refractivity contribution in [1.82, 2.24) is 5.32 Å². The number of furan rings is 1. The number of nitrogens with one attached hydrogen (secondary N) is 1. The van der Waals surface area contributed by atoms with Crippen LogP contribution in [0.3, 0.4) is 0 Å². The molecule has 0 aliphatic rings. The Kier molecular flexibility index (Phi) is 4.21. The second-order valence-electron chi connectivity index (χ2n) is 3.53. The first-order valence-corrected chi connectivity index (χ1v) is 7.00. The fourth-order valence-corrected chi connectivity index (χ4v) is 3.18. The third kappa shape index (κ3) is 2.56. The fourth-order valence-electron chi connectivity index (χ4n) is 1.54. The Balaban J connectivity index is 2.16. The molecule has 4 heteroatoms. The van der Waals surface area contributed by atoms with Crippen molar-refractivity contribution in [2.45, 2.75) is 19.9 Å². The van der Waals surface area contributed by atoms with Crippen molar-refractivity contribution in [1.29, 1.82) is 0 Å². The maximum absolute atomic E-state index is 5.51. The van der Waals surface area contributed by atoms with E-state index in [4.69, 9.17) is 4.42 Å². The third-order valence-corrected chi connectivity index (χ3v) is 4.19. The molecule has 0 spiro atoms. The van der Waals surface area contributed by atoms with Crippen molar-refractivity contribution in [2.75, 3.05) is 6.54 Å². The van der Waals surface area contributed by atoms with E-state index in [1.807, 2.05) is 6.07 Å². The molecule has 0 amide bonds. The van der Waals surface area contributed by atoms with Gasteiger partial charge in [-0.25, -0.2) is 0 Å². The summed E-state index contributed by atoms with van der Waals surface area (Å²) >= 11 is 5.28. The van der Waals surface area contributed by atoms with Gasteiger partial charge in [0.25, 0.3) is 0 Å². The van der Waals surface area contributed by atoms with Crippen molar-refractivity contribution in [3.8, 4) is 10.4 Å². The Morgan fingerprint density at radius 3 is 3.00 bits per heavy atom. The summed E-state index contributed by atoms with van der Waals surface area (Å²) in [5, 5.41) is 5.43. The lowest BCUT2D eigenvalue weighted by Gasteiger charge is -2.03. The van der Waals surface area contributed by atoms with Crippen LogP contribution in [0.25, 0.3) is 10.4 Å². The lowest BCUT2D eigenvalue weighted by atomic mass is 10.2. The molecule has 86 valence electrons. The van der Waals surface area contributed by atoms with E-state index in [0.717, 1.165) is 29.7 Å². The van der Waals surface area contributed by atoms with Gasteiger partial charge in [0.1, 0.15) is 5.76 Å². The number of hydrogen-bond donors (Lipinski definition) is 1. The predicted molar refractivity (Wildman–Crippen MR) is 71.7 cm³/mol. The normalized spacial score (nSPS) is 10.9. The van der Waals surface area contributed by atoms with Crippen LogP contribution in [0.2, 0.25) is 0 Å². The first-order chi connectivity index (χ1) is 7.83. The molecule has 0 saturated heterocycles. The Bertz CT molecular complexity index is 449. The standard InChI is InChI=1S/C12H14BrNOS/c1-2-5-14-8-11-9(3-6-15-11)12-10(13)4-7-16-12/h3-4,6-7,14H,2,5,8H2,1H3. The van der Waals surface area contributed by atoms with E-state index in [9.17, 15) is 0 Å². The van der Waals surface area contributed by atoms with Crippen LogP contribution in [0.4, 0.5) is 0 Å². The lowest BCUT2D eigenvalue weighted by Crippen LogP contribution is -2.13. The summed E-state index contributed by atoms with van der Waals surface area (Å²) in [4.78, 5) is 1.24. The maximum atomic E-state index is 5.51. The van der Waals surface area contributed by atoms with E-state index < -0.39 is 0 Å². The van der Waals surface area contributed by atoms with Gasteiger partial charge in [-0.3, -0.25) is 0 Å². The molecule has 0 saturated carbocycles. The van der Waals surface area contributed by atoms with Crippen molar-refractivity contribution >= 4 is 27.3 Å². The Hall–Kier alpha value is -0.580. The number of rotatable bonds is 5. The summed E-state index contributed by atoms with van der Waals surface area (Å²) in [5.41, 5.74) is 1.19. The summed E-state index contributed by atoms with van der Waals surface area (Å²) in [6, 6.07) is 4.09. The van der Waals surface area contributed by atoms with Crippen LogP contribution < -0.4 is 5.32 Å². The van der Waals surface area contributed by atoms with Gasteiger partial charge in [0, 0.05) is 10.0 Å². The molecule has 0 bridgehead atoms. The van der Waals surface area contributed by atoms with E-state index in [0.29, 0.717) is 0 Å². The Morgan fingerprint density at radius 1 is 1.44 bits per heavy atom. The number of thiophene rings is 1. The molecule has 2 rings (SSSR count). The zero-order valence-electron chi connectivity index (χ0n) is 9.13. The highest BCUT2D eigenvalue weighted by atomic mass is 79.9. The average Bonchev–Trinajstić information content (AvgIpc) is 2.87. The van der Waals surface area contributed by atoms with Gasteiger partial charge in [-0.05, 0) is 46.4 Å². The van der Waals surface area contributed by atoms with E-state index in [1.165, 1.54) is 10.4 Å². The molecule has 2 heterocycles. The quantitative estimate of drug-likeness (QED) is 0.834. The van der Waals surface area contributed by atoms with Gasteiger partial charge in [-0.15, -0.1) is 11.3 Å². The lowest BCUT2D eigenvalue weighted by molar-refractivity contribution is 0.484. The maximum Gasteiger partial charge on any atom is 0.126 e. The van der Waals surface area contributed by atoms with Crippen LogP contribution in [0.5, 0.6) is 0 Å². The van der Waals surface area contributed by atoms with Crippen molar-refractivity contribution < 1.29 is 4.42 Å². The molecule has 0 aromatic carbocycles. The van der Waals surface area contributed by atoms with Crippen LogP contribution in [0.15, 0.2) is 32.7 Å². The molecule has 2 aromatic heterocycles. The van der Waals surface area contributed by atoms with Crippen molar-refractivity contribution in [3.05, 3.63) is 34.0 Å². The van der Waals surface area contributed by atoms with Gasteiger partial charge in [0.2, 0.25) is 0 Å². The molecule has 16 heavy (non-hydrogen) atoms.